The smallest absolute Gasteiger partial charge is 0.231 e. The van der Waals surface area contributed by atoms with E-state index in [0.29, 0.717) is 32.5 Å². The van der Waals surface area contributed by atoms with Gasteiger partial charge >= 0.3 is 0 Å². The van der Waals surface area contributed by atoms with Crippen LogP contribution in [0.2, 0.25) is 0 Å². The van der Waals surface area contributed by atoms with Crippen LogP contribution in [-0.2, 0) is 28.0 Å². The lowest BCUT2D eigenvalue weighted by molar-refractivity contribution is -0.135. The molecule has 1 saturated heterocycles. The van der Waals surface area contributed by atoms with Crippen molar-refractivity contribution in [2.24, 2.45) is 0 Å². The molecule has 0 bridgehead atoms. The van der Waals surface area contributed by atoms with Gasteiger partial charge in [0, 0.05) is 33.0 Å². The second-order valence-electron chi connectivity index (χ2n) is 9.25. The summed E-state index contributed by atoms with van der Waals surface area (Å²) in [5.41, 5.74) is 5.07. The minimum absolute atomic E-state index is 0.0320. The third-order valence-corrected chi connectivity index (χ3v) is 7.25. The van der Waals surface area contributed by atoms with Gasteiger partial charge in [0.15, 0.2) is 0 Å². The van der Waals surface area contributed by atoms with E-state index in [0.717, 1.165) is 35.5 Å². The lowest BCUT2D eigenvalue weighted by Crippen LogP contribution is -2.52. The highest BCUT2D eigenvalue weighted by Gasteiger charge is 2.43. The van der Waals surface area contributed by atoms with Gasteiger partial charge in [-0.3, -0.25) is 9.59 Å². The monoisotopic (exact) mass is 454 g/mol. The number of hydrogen-bond donors (Lipinski definition) is 1. The van der Waals surface area contributed by atoms with Gasteiger partial charge in [0.05, 0.1) is 12.0 Å². The van der Waals surface area contributed by atoms with Crippen molar-refractivity contribution in [3.05, 3.63) is 89.5 Å². The minimum Gasteiger partial charge on any atom is -0.493 e. The maximum atomic E-state index is 13.5. The summed E-state index contributed by atoms with van der Waals surface area (Å²) in [7, 11) is 0. The number of carbonyl (C=O) groups is 2. The van der Waals surface area contributed by atoms with Crippen molar-refractivity contribution in [3.63, 3.8) is 0 Å². The number of rotatable bonds is 5. The Labute approximate surface area is 200 Å². The van der Waals surface area contributed by atoms with Crippen molar-refractivity contribution in [3.8, 4) is 16.9 Å². The van der Waals surface area contributed by atoms with Gasteiger partial charge in [-0.25, -0.2) is 0 Å². The van der Waals surface area contributed by atoms with Crippen molar-refractivity contribution < 1.29 is 14.3 Å². The first kappa shape index (κ1) is 22.2. The van der Waals surface area contributed by atoms with Crippen molar-refractivity contribution in [1.29, 1.82) is 0 Å². The van der Waals surface area contributed by atoms with Crippen LogP contribution < -0.4 is 10.1 Å². The number of amides is 2. The number of ether oxygens (including phenoxy) is 1. The Morgan fingerprint density at radius 3 is 2.35 bits per heavy atom. The summed E-state index contributed by atoms with van der Waals surface area (Å²) < 4.78 is 5.61. The van der Waals surface area contributed by atoms with Gasteiger partial charge < -0.3 is 15.0 Å². The molecule has 0 atom stereocenters. The zero-order valence-corrected chi connectivity index (χ0v) is 19.5. The molecule has 5 rings (SSSR count). The van der Waals surface area contributed by atoms with E-state index in [1.54, 1.807) is 6.92 Å². The Morgan fingerprint density at radius 1 is 0.941 bits per heavy atom. The molecule has 3 aromatic carbocycles. The Bertz CT molecular complexity index is 1180. The summed E-state index contributed by atoms with van der Waals surface area (Å²) in [5, 5.41) is 3.19. The predicted octanol–water partition coefficient (Wildman–Crippen LogP) is 4.49. The molecule has 2 aliphatic heterocycles. The topological polar surface area (TPSA) is 58.6 Å². The third kappa shape index (κ3) is 4.30. The molecule has 2 amide bonds. The van der Waals surface area contributed by atoms with E-state index in [4.69, 9.17) is 4.74 Å². The standard InChI is InChI=1S/C29H30N2O3/c1-21(32)31-16-14-29(15-17-31,26-5-3-2-4-6-26)28(33)30-20-22-7-9-23(10-8-22)24-11-12-27-25(19-24)13-18-34-27/h2-12,19H,13-18,20H2,1H3,(H,30,33). The molecule has 0 radical (unpaired) electrons. The average Bonchev–Trinajstić information content (AvgIpc) is 3.36. The fourth-order valence-electron chi connectivity index (χ4n) is 5.14. The maximum absolute atomic E-state index is 13.5. The summed E-state index contributed by atoms with van der Waals surface area (Å²) in [6, 6.07) is 24.7. The van der Waals surface area contributed by atoms with Crippen molar-refractivity contribution in [2.75, 3.05) is 19.7 Å². The number of carbonyl (C=O) groups excluding carboxylic acids is 2. The van der Waals surface area contributed by atoms with Crippen LogP contribution in [0.3, 0.4) is 0 Å². The summed E-state index contributed by atoms with van der Waals surface area (Å²) in [6.07, 6.45) is 2.22. The summed E-state index contributed by atoms with van der Waals surface area (Å²) in [5.74, 6) is 1.09. The van der Waals surface area contributed by atoms with Crippen LogP contribution in [0.5, 0.6) is 5.75 Å². The number of hydrogen-bond acceptors (Lipinski definition) is 3. The molecule has 1 N–H and O–H groups in total. The molecule has 5 heteroatoms. The molecule has 0 aromatic heterocycles. The van der Waals surface area contributed by atoms with E-state index in [9.17, 15) is 9.59 Å². The van der Waals surface area contributed by atoms with Crippen LogP contribution in [0.1, 0.15) is 36.5 Å². The number of fused-ring (bicyclic) bond motifs is 1. The molecule has 5 nitrogen and oxygen atoms in total. The first-order chi connectivity index (χ1) is 16.5. The predicted molar refractivity (Wildman–Crippen MR) is 133 cm³/mol. The number of nitrogens with one attached hydrogen (secondary N) is 1. The molecule has 2 heterocycles. The number of likely N-dealkylation sites (tertiary alicyclic amines) is 1. The zero-order valence-electron chi connectivity index (χ0n) is 19.5. The number of piperidine rings is 1. The molecule has 174 valence electrons. The van der Waals surface area contributed by atoms with Crippen LogP contribution >= 0.6 is 0 Å². The molecule has 0 unspecified atom stereocenters. The normalized spacial score (nSPS) is 16.4. The highest BCUT2D eigenvalue weighted by atomic mass is 16.5. The van der Waals surface area contributed by atoms with Crippen LogP contribution in [0.15, 0.2) is 72.8 Å². The van der Waals surface area contributed by atoms with Gasteiger partial charge in [0.25, 0.3) is 0 Å². The lowest BCUT2D eigenvalue weighted by atomic mass is 9.72. The molecule has 2 aliphatic rings. The Kier molecular flexibility index (Phi) is 6.10. The molecule has 0 saturated carbocycles. The molecule has 34 heavy (non-hydrogen) atoms. The zero-order chi connectivity index (χ0) is 23.5. The second-order valence-corrected chi connectivity index (χ2v) is 9.25. The van der Waals surface area contributed by atoms with Crippen molar-refractivity contribution in [2.45, 2.75) is 38.1 Å². The summed E-state index contributed by atoms with van der Waals surface area (Å²) in [6.45, 7) is 4.02. The largest absolute Gasteiger partial charge is 0.493 e. The minimum atomic E-state index is -0.611. The molecule has 1 fully saturated rings. The van der Waals surface area contributed by atoms with Crippen LogP contribution in [-0.4, -0.2) is 36.4 Å². The van der Waals surface area contributed by atoms with E-state index in [2.05, 4.69) is 41.7 Å². The SMILES string of the molecule is CC(=O)N1CCC(C(=O)NCc2ccc(-c3ccc4c(c3)CCO4)cc2)(c2ccccc2)CC1. The molecular formula is C29H30N2O3. The fourth-order valence-corrected chi connectivity index (χ4v) is 5.14. The van der Waals surface area contributed by atoms with Gasteiger partial charge in [0.2, 0.25) is 11.8 Å². The van der Waals surface area contributed by atoms with E-state index >= 15 is 0 Å². The van der Waals surface area contributed by atoms with Gasteiger partial charge in [0.1, 0.15) is 5.75 Å². The highest BCUT2D eigenvalue weighted by molar-refractivity contribution is 5.89. The van der Waals surface area contributed by atoms with E-state index < -0.39 is 5.41 Å². The summed E-state index contributed by atoms with van der Waals surface area (Å²) in [4.78, 5) is 27.2. The van der Waals surface area contributed by atoms with E-state index in [1.807, 2.05) is 41.3 Å². The van der Waals surface area contributed by atoms with Crippen LogP contribution in [0.4, 0.5) is 0 Å². The van der Waals surface area contributed by atoms with E-state index in [1.165, 1.54) is 11.1 Å². The van der Waals surface area contributed by atoms with Gasteiger partial charge in [-0.15, -0.1) is 0 Å². The maximum Gasteiger partial charge on any atom is 0.231 e. The Balaban J connectivity index is 1.28. The number of nitrogens with zero attached hydrogens (tertiary/aromatic N) is 1. The summed E-state index contributed by atoms with van der Waals surface area (Å²) >= 11 is 0. The molecular weight excluding hydrogens is 424 g/mol. The van der Waals surface area contributed by atoms with Gasteiger partial charge in [-0.05, 0) is 52.8 Å². The Morgan fingerprint density at radius 2 is 1.65 bits per heavy atom. The fraction of sp³-hybridized carbons (Fsp3) is 0.310. The molecule has 0 spiro atoms. The van der Waals surface area contributed by atoms with E-state index in [-0.39, 0.29) is 11.8 Å². The Hall–Kier alpha value is -3.60. The first-order valence-electron chi connectivity index (χ1n) is 12.0. The van der Waals surface area contributed by atoms with Crippen LogP contribution in [0, 0.1) is 0 Å². The third-order valence-electron chi connectivity index (χ3n) is 7.25. The average molecular weight is 455 g/mol. The van der Waals surface area contributed by atoms with Crippen molar-refractivity contribution >= 4 is 11.8 Å². The second kappa shape index (κ2) is 9.34. The quantitative estimate of drug-likeness (QED) is 0.618. The van der Waals surface area contributed by atoms with Crippen LogP contribution in [0.25, 0.3) is 11.1 Å². The van der Waals surface area contributed by atoms with Crippen molar-refractivity contribution in [1.82, 2.24) is 10.2 Å². The molecule has 3 aromatic rings. The molecule has 0 aliphatic carbocycles. The first-order valence-corrected chi connectivity index (χ1v) is 12.0. The number of benzene rings is 3. The lowest BCUT2D eigenvalue weighted by Gasteiger charge is -2.40. The highest BCUT2D eigenvalue weighted by Crippen LogP contribution is 2.36. The van der Waals surface area contributed by atoms with Gasteiger partial charge in [-0.2, -0.15) is 0 Å². The van der Waals surface area contributed by atoms with Gasteiger partial charge in [-0.1, -0.05) is 60.7 Å².